The Bertz CT molecular complexity index is 1510. The Kier molecular flexibility index (Phi) is 6.55. The van der Waals surface area contributed by atoms with E-state index in [0.29, 0.717) is 39.8 Å². The van der Waals surface area contributed by atoms with Crippen LogP contribution in [0.5, 0.6) is 0 Å². The van der Waals surface area contributed by atoms with E-state index >= 15 is 0 Å². The molecule has 2 aromatic carbocycles. The number of amides is 3. The summed E-state index contributed by atoms with van der Waals surface area (Å²) >= 11 is 0. The lowest BCUT2D eigenvalue weighted by Crippen LogP contribution is -2.23. The zero-order valence-corrected chi connectivity index (χ0v) is 20.4. The molecule has 1 saturated heterocycles. The quantitative estimate of drug-likeness (QED) is 0.329. The van der Waals surface area contributed by atoms with Crippen molar-refractivity contribution >= 4 is 51.8 Å². The maximum Gasteiger partial charge on any atom is 0.249 e. The number of hydrogen-bond donors (Lipinski definition) is 3. The van der Waals surface area contributed by atoms with E-state index in [-0.39, 0.29) is 11.8 Å². The molecule has 1 aliphatic heterocycles. The first-order valence-electron chi connectivity index (χ1n) is 12.2. The number of H-pyrrole nitrogens is 1. The summed E-state index contributed by atoms with van der Waals surface area (Å²) in [5, 5.41) is 3.70. The standard InChI is InChI=1S/C29H27N5O3/c1-18(19-9-11-22(12-10-19)34-15-5-8-25(34)35)29(37)33-24-13-14-31-28-26(24)21(17-32-28)16-23(27(30)36)20-6-3-2-4-7-20/h2-4,6-7,9-14,16-18H,5,8,15H2,1H3,(H2,30,36)(H2,31,32,33,37). The molecular weight excluding hydrogens is 466 g/mol. The number of aromatic amines is 1. The third kappa shape index (κ3) is 4.86. The van der Waals surface area contributed by atoms with E-state index in [2.05, 4.69) is 15.3 Å². The van der Waals surface area contributed by atoms with E-state index in [1.54, 1.807) is 29.4 Å². The van der Waals surface area contributed by atoms with Crippen molar-refractivity contribution in [2.45, 2.75) is 25.7 Å². The maximum atomic E-state index is 13.2. The summed E-state index contributed by atoms with van der Waals surface area (Å²) in [6, 6.07) is 18.5. The molecule has 8 nitrogen and oxygen atoms in total. The van der Waals surface area contributed by atoms with Gasteiger partial charge in [0.25, 0.3) is 0 Å². The minimum Gasteiger partial charge on any atom is -0.366 e. The van der Waals surface area contributed by atoms with Gasteiger partial charge >= 0.3 is 0 Å². The van der Waals surface area contributed by atoms with E-state index in [9.17, 15) is 14.4 Å². The number of nitrogens with zero attached hydrogens (tertiary/aromatic N) is 2. The number of carbonyl (C=O) groups is 3. The Morgan fingerprint density at radius 1 is 1.11 bits per heavy atom. The molecule has 0 aliphatic carbocycles. The number of nitrogens with two attached hydrogens (primary N) is 1. The molecule has 1 fully saturated rings. The predicted molar refractivity (Wildman–Crippen MR) is 145 cm³/mol. The minimum absolute atomic E-state index is 0.128. The fraction of sp³-hybridized carbons (Fsp3) is 0.172. The Hall–Kier alpha value is -4.72. The highest BCUT2D eigenvalue weighted by molar-refractivity contribution is 6.24. The van der Waals surface area contributed by atoms with Gasteiger partial charge in [-0.25, -0.2) is 4.98 Å². The van der Waals surface area contributed by atoms with Gasteiger partial charge in [-0.05, 0) is 48.7 Å². The molecule has 8 heteroatoms. The Morgan fingerprint density at radius 3 is 2.54 bits per heavy atom. The molecule has 1 atom stereocenters. The molecule has 3 heterocycles. The van der Waals surface area contributed by atoms with Crippen molar-refractivity contribution in [2.24, 2.45) is 5.73 Å². The monoisotopic (exact) mass is 493 g/mol. The first-order chi connectivity index (χ1) is 17.9. The summed E-state index contributed by atoms with van der Waals surface area (Å²) in [6.07, 6.45) is 6.49. The normalized spacial score (nSPS) is 14.7. The Morgan fingerprint density at radius 2 is 1.86 bits per heavy atom. The highest BCUT2D eigenvalue weighted by Crippen LogP contribution is 2.30. The van der Waals surface area contributed by atoms with Gasteiger partial charge in [0, 0.05) is 47.6 Å². The van der Waals surface area contributed by atoms with Crippen LogP contribution in [0.1, 0.15) is 42.4 Å². The third-order valence-corrected chi connectivity index (χ3v) is 6.68. The topological polar surface area (TPSA) is 121 Å². The van der Waals surface area contributed by atoms with Crippen molar-refractivity contribution in [1.82, 2.24) is 9.97 Å². The van der Waals surface area contributed by atoms with Gasteiger partial charge in [-0.2, -0.15) is 0 Å². The predicted octanol–water partition coefficient (Wildman–Crippen LogP) is 4.46. The zero-order valence-electron chi connectivity index (χ0n) is 20.4. The largest absolute Gasteiger partial charge is 0.366 e. The molecule has 4 aromatic rings. The van der Waals surface area contributed by atoms with Gasteiger partial charge in [0.1, 0.15) is 5.65 Å². The average molecular weight is 494 g/mol. The number of rotatable bonds is 7. The fourth-order valence-corrected chi connectivity index (χ4v) is 4.63. The first-order valence-corrected chi connectivity index (χ1v) is 12.2. The van der Waals surface area contributed by atoms with Gasteiger partial charge in [-0.15, -0.1) is 0 Å². The van der Waals surface area contributed by atoms with Crippen molar-refractivity contribution < 1.29 is 14.4 Å². The van der Waals surface area contributed by atoms with Crippen molar-refractivity contribution in [1.29, 1.82) is 0 Å². The number of primary amides is 1. The van der Waals surface area contributed by atoms with Crippen molar-refractivity contribution in [2.75, 3.05) is 16.8 Å². The van der Waals surface area contributed by atoms with Gasteiger partial charge in [0.15, 0.2) is 0 Å². The van der Waals surface area contributed by atoms with Gasteiger partial charge < -0.3 is 20.9 Å². The zero-order chi connectivity index (χ0) is 25.9. The lowest BCUT2D eigenvalue weighted by atomic mass is 9.99. The number of fused-ring (bicyclic) bond motifs is 1. The van der Waals surface area contributed by atoms with Crippen LogP contribution in [0.4, 0.5) is 11.4 Å². The van der Waals surface area contributed by atoms with Crippen LogP contribution in [0, 0.1) is 0 Å². The number of benzene rings is 2. The molecule has 5 rings (SSSR count). The Labute approximate surface area is 214 Å². The van der Waals surface area contributed by atoms with Gasteiger partial charge in [0.05, 0.1) is 11.6 Å². The van der Waals surface area contributed by atoms with Crippen LogP contribution in [0.2, 0.25) is 0 Å². The summed E-state index contributed by atoms with van der Waals surface area (Å²) in [5.41, 5.74) is 10.3. The second kappa shape index (κ2) is 10.1. The molecule has 37 heavy (non-hydrogen) atoms. The van der Waals surface area contributed by atoms with E-state index < -0.39 is 11.8 Å². The molecule has 2 aromatic heterocycles. The summed E-state index contributed by atoms with van der Waals surface area (Å²) in [7, 11) is 0. The lowest BCUT2D eigenvalue weighted by Gasteiger charge is -2.18. The maximum absolute atomic E-state index is 13.2. The van der Waals surface area contributed by atoms with Crippen LogP contribution in [-0.4, -0.2) is 34.2 Å². The molecule has 4 N–H and O–H groups in total. The summed E-state index contributed by atoms with van der Waals surface area (Å²) in [4.78, 5) is 46.7. The van der Waals surface area contributed by atoms with Crippen LogP contribution in [-0.2, 0) is 14.4 Å². The smallest absolute Gasteiger partial charge is 0.249 e. The second-order valence-electron chi connectivity index (χ2n) is 9.07. The number of pyridine rings is 1. The number of nitrogens with one attached hydrogen (secondary N) is 2. The van der Waals surface area contributed by atoms with Crippen LogP contribution >= 0.6 is 0 Å². The Balaban J connectivity index is 1.41. The molecular formula is C29H27N5O3. The van der Waals surface area contributed by atoms with E-state index in [1.807, 2.05) is 61.5 Å². The molecule has 1 aliphatic rings. The van der Waals surface area contributed by atoms with Crippen LogP contribution in [0.25, 0.3) is 22.7 Å². The summed E-state index contributed by atoms with van der Waals surface area (Å²) < 4.78 is 0. The number of aromatic nitrogens is 2. The molecule has 1 unspecified atom stereocenters. The van der Waals surface area contributed by atoms with E-state index in [4.69, 9.17) is 5.73 Å². The summed E-state index contributed by atoms with van der Waals surface area (Å²) in [5.74, 6) is -1.05. The number of anilines is 2. The summed E-state index contributed by atoms with van der Waals surface area (Å²) in [6.45, 7) is 2.56. The molecule has 0 radical (unpaired) electrons. The number of hydrogen-bond acceptors (Lipinski definition) is 4. The van der Waals surface area contributed by atoms with Crippen LogP contribution in [0.15, 0.2) is 73.1 Å². The highest BCUT2D eigenvalue weighted by Gasteiger charge is 2.23. The second-order valence-corrected chi connectivity index (χ2v) is 9.07. The van der Waals surface area contributed by atoms with Crippen molar-refractivity contribution in [3.05, 3.63) is 89.7 Å². The first kappa shape index (κ1) is 24.0. The third-order valence-electron chi connectivity index (χ3n) is 6.68. The molecule has 0 bridgehead atoms. The molecule has 0 saturated carbocycles. The highest BCUT2D eigenvalue weighted by atomic mass is 16.2. The van der Waals surface area contributed by atoms with Crippen LogP contribution < -0.4 is 16.0 Å². The van der Waals surface area contributed by atoms with Crippen LogP contribution in [0.3, 0.4) is 0 Å². The fourth-order valence-electron chi connectivity index (χ4n) is 4.63. The van der Waals surface area contributed by atoms with Gasteiger partial charge in [-0.1, -0.05) is 42.5 Å². The van der Waals surface area contributed by atoms with Gasteiger partial charge in [-0.3, -0.25) is 14.4 Å². The van der Waals surface area contributed by atoms with Crippen molar-refractivity contribution in [3.8, 4) is 0 Å². The number of carbonyl (C=O) groups excluding carboxylic acids is 3. The molecule has 186 valence electrons. The molecule has 0 spiro atoms. The van der Waals surface area contributed by atoms with Gasteiger partial charge in [0.2, 0.25) is 17.7 Å². The lowest BCUT2D eigenvalue weighted by molar-refractivity contribution is -0.118. The minimum atomic E-state index is -0.553. The van der Waals surface area contributed by atoms with E-state index in [0.717, 1.165) is 24.2 Å². The average Bonchev–Trinajstić information content (AvgIpc) is 3.53. The van der Waals surface area contributed by atoms with Crippen molar-refractivity contribution in [3.63, 3.8) is 0 Å². The van der Waals surface area contributed by atoms with E-state index in [1.165, 1.54) is 0 Å². The molecule has 3 amide bonds. The SMILES string of the molecule is CC(C(=O)Nc1ccnc2[nH]cc(C=C(C(N)=O)c3ccccc3)c12)c1ccc(N2CCCC2=O)cc1.